The molecule has 0 saturated heterocycles. The largest absolute Gasteiger partial charge is 0.390 e. The van der Waals surface area contributed by atoms with Gasteiger partial charge in [0.2, 0.25) is 0 Å². The summed E-state index contributed by atoms with van der Waals surface area (Å²) in [6.45, 7) is 2.25. The lowest BCUT2D eigenvalue weighted by atomic mass is 9.79. The fraction of sp³-hybridized carbons (Fsp3) is 1.00. The van der Waals surface area contributed by atoms with Crippen LogP contribution >= 0.6 is 0 Å². The first-order chi connectivity index (χ1) is 8.75. The van der Waals surface area contributed by atoms with E-state index in [0.717, 1.165) is 25.7 Å². The van der Waals surface area contributed by atoms with Crippen molar-refractivity contribution in [1.29, 1.82) is 0 Å². The highest BCUT2D eigenvalue weighted by Crippen LogP contribution is 2.35. The maximum Gasteiger partial charge on any atom is 0.0936 e. The number of rotatable bonds is 9. The molecule has 0 bridgehead atoms. The minimum Gasteiger partial charge on any atom is -0.390 e. The van der Waals surface area contributed by atoms with E-state index in [1.165, 1.54) is 51.4 Å². The SMILES string of the molecule is CCCCCCCCC(O)C1(OC)CCCCC1. The third kappa shape index (κ3) is 4.89. The van der Waals surface area contributed by atoms with Gasteiger partial charge < -0.3 is 9.84 Å². The Morgan fingerprint density at radius 3 is 2.22 bits per heavy atom. The Morgan fingerprint density at radius 1 is 1.00 bits per heavy atom. The zero-order chi connectivity index (χ0) is 13.3. The van der Waals surface area contributed by atoms with E-state index in [1.54, 1.807) is 7.11 Å². The summed E-state index contributed by atoms with van der Waals surface area (Å²) >= 11 is 0. The molecule has 2 heteroatoms. The van der Waals surface area contributed by atoms with E-state index in [2.05, 4.69) is 6.92 Å². The summed E-state index contributed by atoms with van der Waals surface area (Å²) in [5.41, 5.74) is -0.221. The van der Waals surface area contributed by atoms with Crippen molar-refractivity contribution in [1.82, 2.24) is 0 Å². The summed E-state index contributed by atoms with van der Waals surface area (Å²) in [5, 5.41) is 10.4. The fourth-order valence-electron chi connectivity index (χ4n) is 3.20. The molecule has 1 N–H and O–H groups in total. The molecule has 1 rings (SSSR count). The van der Waals surface area contributed by atoms with Gasteiger partial charge in [0.15, 0.2) is 0 Å². The Balaban J connectivity index is 2.19. The molecular formula is C16H32O2. The summed E-state index contributed by atoms with van der Waals surface area (Å²) in [4.78, 5) is 0. The van der Waals surface area contributed by atoms with Crippen molar-refractivity contribution in [3.05, 3.63) is 0 Å². The second-order valence-electron chi connectivity index (χ2n) is 5.90. The van der Waals surface area contributed by atoms with Crippen LogP contribution in [-0.4, -0.2) is 23.9 Å². The lowest BCUT2D eigenvalue weighted by molar-refractivity contribution is -0.125. The van der Waals surface area contributed by atoms with Crippen molar-refractivity contribution in [2.24, 2.45) is 0 Å². The Kier molecular flexibility index (Phi) is 7.92. The van der Waals surface area contributed by atoms with E-state index >= 15 is 0 Å². The molecule has 1 atom stereocenters. The highest BCUT2D eigenvalue weighted by Gasteiger charge is 2.38. The van der Waals surface area contributed by atoms with Gasteiger partial charge in [-0.05, 0) is 19.3 Å². The fourth-order valence-corrected chi connectivity index (χ4v) is 3.20. The first-order valence-electron chi connectivity index (χ1n) is 7.98. The maximum absolute atomic E-state index is 10.4. The first kappa shape index (κ1) is 16.0. The Hall–Kier alpha value is -0.0800. The predicted molar refractivity (Wildman–Crippen MR) is 76.8 cm³/mol. The first-order valence-corrected chi connectivity index (χ1v) is 7.98. The summed E-state index contributed by atoms with van der Waals surface area (Å²) < 4.78 is 5.69. The molecule has 0 amide bonds. The molecule has 0 radical (unpaired) electrons. The predicted octanol–water partition coefficient (Wildman–Crippen LogP) is 4.45. The van der Waals surface area contributed by atoms with Crippen molar-refractivity contribution < 1.29 is 9.84 Å². The zero-order valence-corrected chi connectivity index (χ0v) is 12.4. The quantitative estimate of drug-likeness (QED) is 0.618. The Labute approximate surface area is 113 Å². The molecule has 1 aliphatic carbocycles. The molecule has 1 aliphatic rings. The van der Waals surface area contributed by atoms with Gasteiger partial charge in [0.1, 0.15) is 0 Å². The Morgan fingerprint density at radius 2 is 1.61 bits per heavy atom. The van der Waals surface area contributed by atoms with Crippen LogP contribution in [0.25, 0.3) is 0 Å². The van der Waals surface area contributed by atoms with E-state index in [-0.39, 0.29) is 11.7 Å². The third-order valence-corrected chi connectivity index (χ3v) is 4.54. The average Bonchev–Trinajstić information content (AvgIpc) is 2.43. The van der Waals surface area contributed by atoms with Crippen molar-refractivity contribution in [3.8, 4) is 0 Å². The van der Waals surface area contributed by atoms with Gasteiger partial charge in [0.05, 0.1) is 11.7 Å². The average molecular weight is 256 g/mol. The number of aliphatic hydroxyl groups is 1. The second kappa shape index (κ2) is 8.92. The number of unbranched alkanes of at least 4 members (excludes halogenated alkanes) is 5. The second-order valence-corrected chi connectivity index (χ2v) is 5.90. The van der Waals surface area contributed by atoms with E-state index in [4.69, 9.17) is 4.74 Å². The highest BCUT2D eigenvalue weighted by atomic mass is 16.5. The molecule has 0 spiro atoms. The van der Waals surface area contributed by atoms with Crippen LogP contribution in [0, 0.1) is 0 Å². The monoisotopic (exact) mass is 256 g/mol. The third-order valence-electron chi connectivity index (χ3n) is 4.54. The van der Waals surface area contributed by atoms with Gasteiger partial charge in [-0.25, -0.2) is 0 Å². The highest BCUT2D eigenvalue weighted by molar-refractivity contribution is 4.90. The van der Waals surface area contributed by atoms with Crippen LogP contribution < -0.4 is 0 Å². The summed E-state index contributed by atoms with van der Waals surface area (Å²) in [6, 6.07) is 0. The lowest BCUT2D eigenvalue weighted by Crippen LogP contribution is -2.45. The van der Waals surface area contributed by atoms with Crippen molar-refractivity contribution >= 4 is 0 Å². The molecule has 1 saturated carbocycles. The van der Waals surface area contributed by atoms with Crippen LogP contribution in [0.3, 0.4) is 0 Å². The lowest BCUT2D eigenvalue weighted by Gasteiger charge is -2.40. The van der Waals surface area contributed by atoms with Crippen LogP contribution in [0.2, 0.25) is 0 Å². The molecule has 1 fully saturated rings. The zero-order valence-electron chi connectivity index (χ0n) is 12.4. The van der Waals surface area contributed by atoms with Gasteiger partial charge in [-0.15, -0.1) is 0 Å². The minimum atomic E-state index is -0.256. The number of hydrogen-bond donors (Lipinski definition) is 1. The molecule has 108 valence electrons. The van der Waals surface area contributed by atoms with Crippen LogP contribution in [0.5, 0.6) is 0 Å². The number of hydrogen-bond acceptors (Lipinski definition) is 2. The standard InChI is InChI=1S/C16H32O2/c1-3-4-5-6-7-9-12-15(17)16(18-2)13-10-8-11-14-16/h15,17H,3-14H2,1-2H3. The molecule has 18 heavy (non-hydrogen) atoms. The topological polar surface area (TPSA) is 29.5 Å². The smallest absolute Gasteiger partial charge is 0.0936 e. The number of aliphatic hydroxyl groups excluding tert-OH is 1. The summed E-state index contributed by atoms with van der Waals surface area (Å²) in [7, 11) is 1.77. The molecule has 0 aromatic heterocycles. The van der Waals surface area contributed by atoms with E-state index in [1.807, 2.05) is 0 Å². The number of ether oxygens (including phenoxy) is 1. The molecular weight excluding hydrogens is 224 g/mol. The Bertz CT molecular complexity index is 197. The van der Waals surface area contributed by atoms with Gasteiger partial charge >= 0.3 is 0 Å². The van der Waals surface area contributed by atoms with Crippen molar-refractivity contribution in [2.75, 3.05) is 7.11 Å². The van der Waals surface area contributed by atoms with Crippen molar-refractivity contribution in [2.45, 2.75) is 95.7 Å². The van der Waals surface area contributed by atoms with Gasteiger partial charge in [-0.1, -0.05) is 64.7 Å². The van der Waals surface area contributed by atoms with Crippen LogP contribution in [0.1, 0.15) is 84.0 Å². The molecule has 0 aromatic carbocycles. The molecule has 0 aromatic rings. The van der Waals surface area contributed by atoms with Gasteiger partial charge in [0, 0.05) is 7.11 Å². The molecule has 0 aliphatic heterocycles. The van der Waals surface area contributed by atoms with E-state index in [0.29, 0.717) is 0 Å². The van der Waals surface area contributed by atoms with E-state index in [9.17, 15) is 5.11 Å². The van der Waals surface area contributed by atoms with Gasteiger partial charge in [-0.2, -0.15) is 0 Å². The van der Waals surface area contributed by atoms with Crippen LogP contribution in [-0.2, 0) is 4.74 Å². The van der Waals surface area contributed by atoms with Crippen LogP contribution in [0.15, 0.2) is 0 Å². The number of methoxy groups -OCH3 is 1. The van der Waals surface area contributed by atoms with Gasteiger partial charge in [-0.3, -0.25) is 0 Å². The summed E-state index contributed by atoms with van der Waals surface area (Å²) in [6.07, 6.45) is 14.2. The van der Waals surface area contributed by atoms with E-state index < -0.39 is 0 Å². The summed E-state index contributed by atoms with van der Waals surface area (Å²) in [5.74, 6) is 0. The van der Waals surface area contributed by atoms with Crippen molar-refractivity contribution in [3.63, 3.8) is 0 Å². The van der Waals surface area contributed by atoms with Crippen LogP contribution in [0.4, 0.5) is 0 Å². The minimum absolute atomic E-state index is 0.221. The maximum atomic E-state index is 10.4. The molecule has 0 heterocycles. The normalized spacial score (nSPS) is 20.8. The van der Waals surface area contributed by atoms with Gasteiger partial charge in [0.25, 0.3) is 0 Å². The molecule has 2 nitrogen and oxygen atoms in total. The molecule has 1 unspecified atom stereocenters.